The number of ether oxygens (including phenoxy) is 4. The van der Waals surface area contributed by atoms with Crippen molar-refractivity contribution in [3.63, 3.8) is 0 Å². The molecule has 4 atom stereocenters. The molecule has 318 valence electrons. The fourth-order valence-electron chi connectivity index (χ4n) is 7.90. The third-order valence-electron chi connectivity index (χ3n) is 10.9. The first-order valence-corrected chi connectivity index (χ1v) is 21.7. The van der Waals surface area contributed by atoms with Crippen molar-refractivity contribution in [3.8, 4) is 5.75 Å². The summed E-state index contributed by atoms with van der Waals surface area (Å²) in [5, 5.41) is 12.1. The number of amides is 2. The molecule has 0 aliphatic carbocycles. The zero-order valence-corrected chi connectivity index (χ0v) is 35.7. The van der Waals surface area contributed by atoms with Gasteiger partial charge in [0.2, 0.25) is 0 Å². The Morgan fingerprint density at radius 2 is 1.50 bits per heavy atom. The summed E-state index contributed by atoms with van der Waals surface area (Å²) >= 11 is 2.65. The van der Waals surface area contributed by atoms with Crippen LogP contribution in [0.15, 0.2) is 137 Å². The number of carbonyl (C=O) groups is 4. The Labute approximate surface area is 366 Å². The number of hydrogen-bond donors (Lipinski definition) is 2. The average molecular weight is 874 g/mol. The zero-order valence-electron chi connectivity index (χ0n) is 34.0. The van der Waals surface area contributed by atoms with Crippen LogP contribution < -0.4 is 15.4 Å². The van der Waals surface area contributed by atoms with Gasteiger partial charge in [0.25, 0.3) is 11.8 Å². The topological polar surface area (TPSA) is 167 Å². The summed E-state index contributed by atoms with van der Waals surface area (Å²) in [4.78, 5) is 65.8. The van der Waals surface area contributed by atoms with E-state index in [0.29, 0.717) is 34.9 Å². The molecule has 14 nitrogen and oxygen atoms in total. The van der Waals surface area contributed by atoms with Gasteiger partial charge in [-0.1, -0.05) is 108 Å². The largest absolute Gasteiger partial charge is 0.497 e. The van der Waals surface area contributed by atoms with Gasteiger partial charge in [0.05, 0.1) is 20.3 Å². The maximum absolute atomic E-state index is 14.1. The van der Waals surface area contributed by atoms with Crippen LogP contribution in [0.2, 0.25) is 0 Å². The molecule has 2 fully saturated rings. The molecule has 0 spiro atoms. The van der Waals surface area contributed by atoms with Gasteiger partial charge in [-0.3, -0.25) is 14.5 Å². The van der Waals surface area contributed by atoms with E-state index in [4.69, 9.17) is 28.8 Å². The van der Waals surface area contributed by atoms with Crippen molar-refractivity contribution in [1.29, 1.82) is 0 Å². The Morgan fingerprint density at radius 1 is 0.871 bits per heavy atom. The van der Waals surface area contributed by atoms with E-state index >= 15 is 0 Å². The molecule has 62 heavy (non-hydrogen) atoms. The minimum Gasteiger partial charge on any atom is -0.497 e. The number of β-lactam (4-membered cyclic amide) rings is 1. The number of nitrogens with one attached hydrogen (secondary N) is 2. The Kier molecular flexibility index (Phi) is 12.7. The number of esters is 2. The summed E-state index contributed by atoms with van der Waals surface area (Å²) in [6, 6.07) is 36.2. The first kappa shape index (κ1) is 42.2. The molecular formula is C46H43N5O9S2. The lowest BCUT2D eigenvalue weighted by Gasteiger charge is -2.50. The first-order valence-electron chi connectivity index (χ1n) is 19.8. The number of thioether (sulfide) groups is 1. The minimum atomic E-state index is -1.02. The van der Waals surface area contributed by atoms with Crippen LogP contribution in [0.5, 0.6) is 5.75 Å². The fourth-order valence-corrected chi connectivity index (χ4v) is 10.1. The van der Waals surface area contributed by atoms with E-state index in [9.17, 15) is 19.2 Å². The molecule has 0 radical (unpaired) electrons. The molecule has 2 saturated heterocycles. The van der Waals surface area contributed by atoms with Gasteiger partial charge in [-0.15, -0.1) is 23.1 Å². The van der Waals surface area contributed by atoms with Gasteiger partial charge in [0.15, 0.2) is 16.9 Å². The number of hydrogen-bond acceptors (Lipinski definition) is 14. The summed E-state index contributed by atoms with van der Waals surface area (Å²) in [5.74, 6) is -1.54. The number of rotatable bonds is 15. The van der Waals surface area contributed by atoms with Crippen molar-refractivity contribution in [1.82, 2.24) is 15.2 Å². The van der Waals surface area contributed by atoms with E-state index < -0.39 is 52.9 Å². The highest BCUT2D eigenvalue weighted by Crippen LogP contribution is 2.44. The molecule has 16 heteroatoms. The number of carbonyl (C=O) groups excluding carboxylic acids is 4. The third kappa shape index (κ3) is 8.28. The molecule has 0 saturated carbocycles. The molecule has 2 amide bonds. The SMILES string of the molecule is CON=C(C(=O)N[C@@H]1C(=O)N2C(C(=O)OCc3ccc(OC)cc3)=C([C@H]3CC[C@@H](C(=O)OC)O3)CS[C@H]12)c1csc(NC(c2ccccc2)(c2ccccc2)c2ccccc2)n1. The summed E-state index contributed by atoms with van der Waals surface area (Å²) in [7, 11) is 4.17. The van der Waals surface area contributed by atoms with Crippen LogP contribution in [-0.2, 0) is 50.4 Å². The van der Waals surface area contributed by atoms with E-state index in [2.05, 4.69) is 52.2 Å². The second-order valence-corrected chi connectivity index (χ2v) is 16.5. The number of nitrogens with zero attached hydrogens (tertiary/aromatic N) is 3. The van der Waals surface area contributed by atoms with Gasteiger partial charge in [0, 0.05) is 11.1 Å². The summed E-state index contributed by atoms with van der Waals surface area (Å²) < 4.78 is 22.0. The van der Waals surface area contributed by atoms with Gasteiger partial charge < -0.3 is 34.4 Å². The van der Waals surface area contributed by atoms with Crippen LogP contribution in [0.25, 0.3) is 0 Å². The highest BCUT2D eigenvalue weighted by atomic mass is 32.2. The third-order valence-corrected chi connectivity index (χ3v) is 13.0. The number of aromatic nitrogens is 1. The van der Waals surface area contributed by atoms with Crippen LogP contribution in [-0.4, -0.2) is 90.1 Å². The molecule has 4 heterocycles. The number of methoxy groups -OCH3 is 2. The van der Waals surface area contributed by atoms with Gasteiger partial charge in [-0.25, -0.2) is 14.6 Å². The zero-order chi connectivity index (χ0) is 43.2. The average Bonchev–Trinajstić information content (AvgIpc) is 4.02. The van der Waals surface area contributed by atoms with Crippen molar-refractivity contribution in [2.75, 3.05) is 32.4 Å². The monoisotopic (exact) mass is 873 g/mol. The maximum Gasteiger partial charge on any atom is 0.355 e. The highest BCUT2D eigenvalue weighted by Gasteiger charge is 2.56. The number of oxime groups is 1. The second kappa shape index (κ2) is 18.6. The van der Waals surface area contributed by atoms with Crippen molar-refractivity contribution in [3.05, 3.63) is 160 Å². The van der Waals surface area contributed by atoms with Crippen LogP contribution in [0.4, 0.5) is 5.13 Å². The fraction of sp³-hybridized carbons (Fsp3) is 0.261. The predicted octanol–water partition coefficient (Wildman–Crippen LogP) is 6.02. The van der Waals surface area contributed by atoms with Crippen LogP contribution in [0.1, 0.15) is 40.8 Å². The van der Waals surface area contributed by atoms with Gasteiger partial charge in [0.1, 0.15) is 47.8 Å². The second-order valence-electron chi connectivity index (χ2n) is 14.5. The minimum absolute atomic E-state index is 0.0352. The van der Waals surface area contributed by atoms with Crippen molar-refractivity contribution in [2.45, 2.75) is 48.6 Å². The molecule has 4 aromatic carbocycles. The van der Waals surface area contributed by atoms with Gasteiger partial charge in [-0.05, 0) is 52.8 Å². The van der Waals surface area contributed by atoms with E-state index in [1.165, 1.54) is 42.2 Å². The van der Waals surface area contributed by atoms with Crippen molar-refractivity contribution in [2.24, 2.45) is 5.16 Å². The lowest BCUT2D eigenvalue weighted by atomic mass is 9.77. The number of anilines is 1. The van der Waals surface area contributed by atoms with Crippen LogP contribution in [0, 0.1) is 0 Å². The first-order chi connectivity index (χ1) is 30.2. The maximum atomic E-state index is 14.1. The molecular weight excluding hydrogens is 831 g/mol. The van der Waals surface area contributed by atoms with Crippen molar-refractivity contribution < 1.29 is 43.0 Å². The van der Waals surface area contributed by atoms with E-state index in [0.717, 1.165) is 16.7 Å². The molecule has 5 aromatic rings. The predicted molar refractivity (Wildman–Crippen MR) is 233 cm³/mol. The molecule has 8 rings (SSSR count). The van der Waals surface area contributed by atoms with Gasteiger partial charge in [-0.2, -0.15) is 0 Å². The molecule has 3 aliphatic rings. The Morgan fingerprint density at radius 3 is 2.08 bits per heavy atom. The Balaban J connectivity index is 1.04. The van der Waals surface area contributed by atoms with Crippen LogP contribution in [0.3, 0.4) is 0 Å². The molecule has 1 aromatic heterocycles. The van der Waals surface area contributed by atoms with Gasteiger partial charge >= 0.3 is 11.9 Å². The molecule has 0 unspecified atom stereocenters. The number of fused-ring (bicyclic) bond motifs is 1. The molecule has 2 N–H and O–H groups in total. The number of thiazole rings is 1. The highest BCUT2D eigenvalue weighted by molar-refractivity contribution is 8.00. The Hall–Kier alpha value is -6.49. The lowest BCUT2D eigenvalue weighted by molar-refractivity contribution is -0.154. The standard InChI is InChI=1S/C46H43N5O9S2/c1-56-32-21-19-28(20-22-32)25-59-44(55)39-33(35-23-24-36(60-35)43(54)57-2)26-61-42-38(41(53)51(39)42)48-40(52)37(50-58-3)34-27-62-45(47-34)49-46(29-13-7-4-8-14-29,30-15-9-5-10-16-30)31-17-11-6-12-18-31/h4-22,27,35-36,38,42H,23-26H2,1-3H3,(H,47,49)(H,48,52)/t35-,36+,38-,42-/m1/s1. The summed E-state index contributed by atoms with van der Waals surface area (Å²) in [6.07, 6.45) is -0.615. The van der Waals surface area contributed by atoms with Crippen molar-refractivity contribution >= 4 is 57.7 Å². The summed E-state index contributed by atoms with van der Waals surface area (Å²) in [5.41, 5.74) is 3.40. The quantitative estimate of drug-likeness (QED) is 0.0414. The molecule has 3 aliphatic heterocycles. The van der Waals surface area contributed by atoms with E-state index in [-0.39, 0.29) is 29.5 Å². The van der Waals surface area contributed by atoms with E-state index in [1.807, 2.05) is 54.6 Å². The van der Waals surface area contributed by atoms with E-state index in [1.54, 1.807) is 36.8 Å². The lowest BCUT2D eigenvalue weighted by Crippen LogP contribution is -2.71. The summed E-state index contributed by atoms with van der Waals surface area (Å²) in [6.45, 7) is -0.0690. The molecule has 0 bridgehead atoms. The number of benzene rings is 4. The smallest absolute Gasteiger partial charge is 0.355 e. The van der Waals surface area contributed by atoms with Crippen LogP contribution >= 0.6 is 23.1 Å². The normalized spacial score (nSPS) is 19.8. The Bertz CT molecular complexity index is 2390.